The molecule has 4 aromatic rings. The maximum atomic E-state index is 14.6. The summed E-state index contributed by atoms with van der Waals surface area (Å²) < 4.78 is 25.8. The molecule has 1 aromatic carbocycles. The van der Waals surface area contributed by atoms with E-state index in [1.165, 1.54) is 18.6 Å². The fraction of sp³-hybridized carbons (Fsp3) is 0.208. The molecule has 0 radical (unpaired) electrons. The zero-order valence-corrected chi connectivity index (χ0v) is 18.8. The van der Waals surface area contributed by atoms with E-state index < -0.39 is 5.82 Å². The first-order valence-electron chi connectivity index (χ1n) is 10.6. The van der Waals surface area contributed by atoms with Gasteiger partial charge in [0.2, 0.25) is 0 Å². The lowest BCUT2D eigenvalue weighted by atomic mass is 10.2. The first-order chi connectivity index (χ1) is 16.5. The summed E-state index contributed by atoms with van der Waals surface area (Å²) in [5, 5.41) is 6.99. The summed E-state index contributed by atoms with van der Waals surface area (Å²) in [5.74, 6) is 0.946. The molecule has 10 heteroatoms. The van der Waals surface area contributed by atoms with E-state index in [0.717, 1.165) is 5.69 Å². The predicted octanol–water partition coefficient (Wildman–Crippen LogP) is 4.34. The van der Waals surface area contributed by atoms with Crippen molar-refractivity contribution in [3.63, 3.8) is 0 Å². The van der Waals surface area contributed by atoms with E-state index in [4.69, 9.17) is 9.47 Å². The summed E-state index contributed by atoms with van der Waals surface area (Å²) in [6.07, 6.45) is 7.92. The number of benzene rings is 1. The molecule has 0 aliphatic heterocycles. The molecule has 174 valence electrons. The third-order valence-corrected chi connectivity index (χ3v) is 4.82. The van der Waals surface area contributed by atoms with Gasteiger partial charge in [0.25, 0.3) is 5.88 Å². The van der Waals surface area contributed by atoms with Gasteiger partial charge in [-0.1, -0.05) is 6.08 Å². The van der Waals surface area contributed by atoms with Crippen molar-refractivity contribution < 1.29 is 13.9 Å². The Bertz CT molecular complexity index is 1280. The second-order valence-electron chi connectivity index (χ2n) is 7.46. The van der Waals surface area contributed by atoms with E-state index in [-0.39, 0.29) is 11.9 Å². The summed E-state index contributed by atoms with van der Waals surface area (Å²) >= 11 is 0. The summed E-state index contributed by atoms with van der Waals surface area (Å²) in [7, 11) is 0. The number of rotatable bonds is 10. The lowest BCUT2D eigenvalue weighted by molar-refractivity contribution is 0.306. The molecule has 9 nitrogen and oxygen atoms in total. The number of pyridine rings is 1. The summed E-state index contributed by atoms with van der Waals surface area (Å²) in [5.41, 5.74) is 1.49. The third-order valence-electron chi connectivity index (χ3n) is 4.82. The van der Waals surface area contributed by atoms with Crippen molar-refractivity contribution in [1.29, 1.82) is 0 Å². The smallest absolute Gasteiger partial charge is 0.256 e. The van der Waals surface area contributed by atoms with Gasteiger partial charge in [0, 0.05) is 24.0 Å². The Labute approximate surface area is 196 Å². The Morgan fingerprint density at radius 2 is 1.94 bits per heavy atom. The number of ether oxygens (including phenoxy) is 2. The van der Waals surface area contributed by atoms with Gasteiger partial charge < -0.3 is 20.1 Å². The van der Waals surface area contributed by atoms with Crippen molar-refractivity contribution in [2.45, 2.75) is 19.9 Å². The largest absolute Gasteiger partial charge is 0.491 e. The SMILES string of the molecule is C=CC(C)NCCOc1cnc(Oc2ccc3ncnc(Nc4cnc(C)cn4)c3c2)c(F)c1. The van der Waals surface area contributed by atoms with Crippen LogP contribution >= 0.6 is 0 Å². The van der Waals surface area contributed by atoms with Crippen LogP contribution in [-0.2, 0) is 0 Å². The minimum atomic E-state index is -0.636. The molecule has 0 aliphatic carbocycles. The van der Waals surface area contributed by atoms with Gasteiger partial charge in [-0.3, -0.25) is 4.98 Å². The molecule has 0 bridgehead atoms. The standard InChI is InChI=1S/C24H24FN7O2/c1-4-15(2)26-7-8-33-18-10-20(25)24(29-12-18)34-17-5-6-21-19(9-17)23(31-14-30-21)32-22-13-27-16(3)11-28-22/h4-6,9-15,26H,1,7-8H2,2-3H3,(H,28,30,31,32). The molecule has 1 unspecified atom stereocenters. The Morgan fingerprint density at radius 3 is 2.71 bits per heavy atom. The zero-order valence-electron chi connectivity index (χ0n) is 18.8. The molecule has 1 atom stereocenters. The first kappa shape index (κ1) is 23.0. The van der Waals surface area contributed by atoms with Crippen LogP contribution in [0.4, 0.5) is 16.0 Å². The molecule has 3 aromatic heterocycles. The molecule has 0 saturated carbocycles. The van der Waals surface area contributed by atoms with Gasteiger partial charge in [0.1, 0.15) is 36.1 Å². The number of aromatic nitrogens is 5. The van der Waals surface area contributed by atoms with Gasteiger partial charge in [-0.05, 0) is 32.0 Å². The van der Waals surface area contributed by atoms with Crippen molar-refractivity contribution >= 4 is 22.5 Å². The average molecular weight is 462 g/mol. The predicted molar refractivity (Wildman–Crippen MR) is 127 cm³/mol. The van der Waals surface area contributed by atoms with E-state index in [0.29, 0.717) is 47.2 Å². The number of nitrogens with zero attached hydrogens (tertiary/aromatic N) is 5. The van der Waals surface area contributed by atoms with Crippen molar-refractivity contribution in [2.24, 2.45) is 0 Å². The van der Waals surface area contributed by atoms with E-state index in [2.05, 4.69) is 42.1 Å². The molecule has 2 N–H and O–H groups in total. The minimum Gasteiger partial charge on any atom is -0.491 e. The molecule has 4 rings (SSSR count). The molecule has 0 fully saturated rings. The van der Waals surface area contributed by atoms with Crippen LogP contribution in [0.25, 0.3) is 10.9 Å². The van der Waals surface area contributed by atoms with Crippen LogP contribution in [0.5, 0.6) is 17.4 Å². The Kier molecular flexibility index (Phi) is 7.19. The van der Waals surface area contributed by atoms with Crippen molar-refractivity contribution in [2.75, 3.05) is 18.5 Å². The van der Waals surface area contributed by atoms with Crippen LogP contribution < -0.4 is 20.1 Å². The van der Waals surface area contributed by atoms with Gasteiger partial charge in [-0.25, -0.2) is 24.3 Å². The monoisotopic (exact) mass is 461 g/mol. The van der Waals surface area contributed by atoms with Crippen molar-refractivity contribution in [3.05, 3.63) is 73.3 Å². The van der Waals surface area contributed by atoms with Gasteiger partial charge in [-0.15, -0.1) is 6.58 Å². The van der Waals surface area contributed by atoms with Crippen LogP contribution in [0.2, 0.25) is 0 Å². The summed E-state index contributed by atoms with van der Waals surface area (Å²) in [4.78, 5) is 21.1. The van der Waals surface area contributed by atoms with Crippen LogP contribution in [0.1, 0.15) is 12.6 Å². The maximum Gasteiger partial charge on any atom is 0.256 e. The molecular formula is C24H24FN7O2. The number of halogens is 1. The van der Waals surface area contributed by atoms with Gasteiger partial charge >= 0.3 is 0 Å². The molecule has 0 spiro atoms. The van der Waals surface area contributed by atoms with Crippen LogP contribution in [0.3, 0.4) is 0 Å². The van der Waals surface area contributed by atoms with E-state index in [1.807, 2.05) is 13.8 Å². The zero-order chi connectivity index (χ0) is 23.9. The molecule has 0 saturated heterocycles. The van der Waals surface area contributed by atoms with Gasteiger partial charge in [0.05, 0.1) is 29.8 Å². The fourth-order valence-electron chi connectivity index (χ4n) is 2.99. The Hall–Kier alpha value is -4.18. The van der Waals surface area contributed by atoms with Crippen molar-refractivity contribution in [3.8, 4) is 17.4 Å². The van der Waals surface area contributed by atoms with Crippen LogP contribution in [0, 0.1) is 12.7 Å². The number of hydrogen-bond acceptors (Lipinski definition) is 9. The van der Waals surface area contributed by atoms with E-state index in [1.54, 1.807) is 36.7 Å². The van der Waals surface area contributed by atoms with Crippen LogP contribution in [-0.4, -0.2) is 44.1 Å². The molecular weight excluding hydrogens is 437 g/mol. The normalized spacial score (nSPS) is 11.7. The lowest BCUT2D eigenvalue weighted by Crippen LogP contribution is -2.28. The van der Waals surface area contributed by atoms with E-state index in [9.17, 15) is 4.39 Å². The maximum absolute atomic E-state index is 14.6. The minimum absolute atomic E-state index is 0.166. The fourth-order valence-corrected chi connectivity index (χ4v) is 2.99. The quantitative estimate of drug-likeness (QED) is 0.263. The van der Waals surface area contributed by atoms with Crippen molar-refractivity contribution in [1.82, 2.24) is 30.2 Å². The van der Waals surface area contributed by atoms with Crippen LogP contribution in [0.15, 0.2) is 61.8 Å². The highest BCUT2D eigenvalue weighted by Gasteiger charge is 2.12. The van der Waals surface area contributed by atoms with Gasteiger partial charge in [-0.2, -0.15) is 0 Å². The summed E-state index contributed by atoms with van der Waals surface area (Å²) in [6, 6.07) is 6.56. The Morgan fingerprint density at radius 1 is 1.06 bits per heavy atom. The number of hydrogen-bond donors (Lipinski definition) is 2. The molecule has 0 amide bonds. The third kappa shape index (κ3) is 5.78. The molecule has 34 heavy (non-hydrogen) atoms. The second-order valence-corrected chi connectivity index (χ2v) is 7.46. The second kappa shape index (κ2) is 10.6. The topological polar surface area (TPSA) is 107 Å². The first-order valence-corrected chi connectivity index (χ1v) is 10.6. The number of fused-ring (bicyclic) bond motifs is 1. The molecule has 0 aliphatic rings. The highest BCUT2D eigenvalue weighted by molar-refractivity contribution is 5.91. The highest BCUT2D eigenvalue weighted by Crippen LogP contribution is 2.30. The van der Waals surface area contributed by atoms with Gasteiger partial charge in [0.15, 0.2) is 5.82 Å². The molecule has 3 heterocycles. The highest BCUT2D eigenvalue weighted by atomic mass is 19.1. The average Bonchev–Trinajstić information content (AvgIpc) is 2.85. The number of nitrogens with one attached hydrogen (secondary N) is 2. The van der Waals surface area contributed by atoms with E-state index >= 15 is 0 Å². The number of aryl methyl sites for hydroxylation is 1. The Balaban J connectivity index is 1.47. The number of anilines is 2. The lowest BCUT2D eigenvalue weighted by Gasteiger charge is -2.12. The summed E-state index contributed by atoms with van der Waals surface area (Å²) in [6.45, 7) is 8.50.